The summed E-state index contributed by atoms with van der Waals surface area (Å²) in [5, 5.41) is 0.0545. The first-order valence-electron chi connectivity index (χ1n) is 5.31. The largest absolute Gasteiger partial charge is 0.495 e. The third kappa shape index (κ3) is 3.51. The van der Waals surface area contributed by atoms with Gasteiger partial charge in [0, 0.05) is 6.54 Å². The van der Waals surface area contributed by atoms with Gasteiger partial charge in [0.05, 0.1) is 12.1 Å². The lowest BCUT2D eigenvalue weighted by atomic mass is 10.2. The zero-order valence-electron chi connectivity index (χ0n) is 10.3. The molecule has 0 amide bonds. The van der Waals surface area contributed by atoms with E-state index >= 15 is 0 Å². The van der Waals surface area contributed by atoms with Crippen molar-refractivity contribution in [2.45, 2.75) is 18.7 Å². The van der Waals surface area contributed by atoms with Crippen LogP contribution in [-0.2, 0) is 10.0 Å². The average Bonchev–Trinajstić information content (AvgIpc) is 2.30. The van der Waals surface area contributed by atoms with Crippen LogP contribution < -0.4 is 9.46 Å². The highest BCUT2D eigenvalue weighted by atomic mass is 35.5. The molecule has 7 heteroatoms. The Balaban J connectivity index is 3.14. The molecular weight excluding hydrogens is 297 g/mol. The molecule has 0 fully saturated rings. The summed E-state index contributed by atoms with van der Waals surface area (Å²) in [6.07, 6.45) is 0. The van der Waals surface area contributed by atoms with Gasteiger partial charge in [-0.05, 0) is 18.1 Å². The monoisotopic (exact) mass is 311 g/mol. The number of ether oxygens (including phenoxy) is 1. The van der Waals surface area contributed by atoms with Gasteiger partial charge in [0.25, 0.3) is 0 Å². The second-order valence-corrected chi connectivity index (χ2v) is 6.63. The van der Waals surface area contributed by atoms with Crippen molar-refractivity contribution in [2.24, 2.45) is 5.92 Å². The summed E-state index contributed by atoms with van der Waals surface area (Å²) in [5.41, 5.74) is 0. The Morgan fingerprint density at radius 2 is 1.89 bits per heavy atom. The summed E-state index contributed by atoms with van der Waals surface area (Å²) in [7, 11) is -2.22. The second-order valence-electron chi connectivity index (χ2n) is 4.14. The summed E-state index contributed by atoms with van der Waals surface area (Å²) in [5.74, 6) is 0.539. The molecule has 0 aliphatic rings. The van der Waals surface area contributed by atoms with E-state index in [2.05, 4.69) is 4.72 Å². The fourth-order valence-electron chi connectivity index (χ4n) is 1.23. The molecule has 1 rings (SSSR count). The van der Waals surface area contributed by atoms with Crippen molar-refractivity contribution >= 4 is 33.2 Å². The molecule has 0 saturated carbocycles. The zero-order chi connectivity index (χ0) is 13.9. The smallest absolute Gasteiger partial charge is 0.242 e. The van der Waals surface area contributed by atoms with Crippen LogP contribution in [0.4, 0.5) is 0 Å². The molecule has 0 atom stereocenters. The molecule has 0 unspecified atom stereocenters. The fraction of sp³-hybridized carbons (Fsp3) is 0.455. The minimum atomic E-state index is -3.66. The van der Waals surface area contributed by atoms with Gasteiger partial charge >= 0.3 is 0 Å². The highest BCUT2D eigenvalue weighted by molar-refractivity contribution is 7.89. The SMILES string of the molecule is COc1ccc(S(=O)(=O)NCC(C)C)c(Cl)c1Cl. The van der Waals surface area contributed by atoms with Crippen LogP contribution in [0.15, 0.2) is 17.0 Å². The summed E-state index contributed by atoms with van der Waals surface area (Å²) in [4.78, 5) is -0.0457. The predicted octanol–water partition coefficient (Wildman–Crippen LogP) is 2.94. The van der Waals surface area contributed by atoms with Gasteiger partial charge in [-0.3, -0.25) is 0 Å². The Kier molecular flexibility index (Phi) is 5.28. The number of hydrogen-bond donors (Lipinski definition) is 1. The van der Waals surface area contributed by atoms with E-state index < -0.39 is 10.0 Å². The van der Waals surface area contributed by atoms with E-state index in [0.29, 0.717) is 12.3 Å². The Bertz CT molecular complexity index is 529. The Labute approximate surface area is 117 Å². The van der Waals surface area contributed by atoms with Gasteiger partial charge in [0.2, 0.25) is 10.0 Å². The van der Waals surface area contributed by atoms with Crippen LogP contribution in [0.25, 0.3) is 0 Å². The van der Waals surface area contributed by atoms with Crippen LogP contribution in [-0.4, -0.2) is 22.1 Å². The molecule has 18 heavy (non-hydrogen) atoms. The highest BCUT2D eigenvalue weighted by Crippen LogP contribution is 2.36. The summed E-state index contributed by atoms with van der Waals surface area (Å²) in [6, 6.07) is 2.84. The van der Waals surface area contributed by atoms with Gasteiger partial charge in [0.1, 0.15) is 15.7 Å². The standard InChI is InChI=1S/C11H15Cl2NO3S/c1-7(2)6-14-18(15,16)9-5-4-8(17-3)10(12)11(9)13/h4-5,7,14H,6H2,1-3H3. The van der Waals surface area contributed by atoms with Gasteiger partial charge in [-0.25, -0.2) is 13.1 Å². The summed E-state index contributed by atoms with van der Waals surface area (Å²) in [6.45, 7) is 4.15. The molecule has 1 N–H and O–H groups in total. The lowest BCUT2D eigenvalue weighted by Gasteiger charge is -2.12. The van der Waals surface area contributed by atoms with Crippen molar-refractivity contribution < 1.29 is 13.2 Å². The maximum atomic E-state index is 12.0. The third-order valence-corrected chi connectivity index (χ3v) is 4.65. The van der Waals surface area contributed by atoms with Crippen molar-refractivity contribution in [3.8, 4) is 5.75 Å². The molecule has 0 heterocycles. The van der Waals surface area contributed by atoms with Gasteiger partial charge in [-0.15, -0.1) is 0 Å². The number of nitrogens with one attached hydrogen (secondary N) is 1. The van der Waals surface area contributed by atoms with E-state index in [1.807, 2.05) is 13.8 Å². The number of hydrogen-bond acceptors (Lipinski definition) is 3. The Morgan fingerprint density at radius 1 is 1.28 bits per heavy atom. The van der Waals surface area contributed by atoms with Gasteiger partial charge < -0.3 is 4.74 Å². The van der Waals surface area contributed by atoms with Crippen molar-refractivity contribution in [2.75, 3.05) is 13.7 Å². The quantitative estimate of drug-likeness (QED) is 0.909. The molecule has 0 aliphatic carbocycles. The molecule has 0 aromatic heterocycles. The maximum Gasteiger partial charge on any atom is 0.242 e. The van der Waals surface area contributed by atoms with Crippen LogP contribution in [0.5, 0.6) is 5.75 Å². The minimum absolute atomic E-state index is 0.0349. The molecule has 0 radical (unpaired) electrons. The topological polar surface area (TPSA) is 55.4 Å². The van der Waals surface area contributed by atoms with Gasteiger partial charge in [0.15, 0.2) is 0 Å². The van der Waals surface area contributed by atoms with Gasteiger partial charge in [-0.2, -0.15) is 0 Å². The first kappa shape index (κ1) is 15.6. The minimum Gasteiger partial charge on any atom is -0.495 e. The summed E-state index contributed by atoms with van der Waals surface area (Å²) < 4.78 is 31.5. The van der Waals surface area contributed by atoms with Crippen molar-refractivity contribution in [3.63, 3.8) is 0 Å². The summed E-state index contributed by atoms with van der Waals surface area (Å²) >= 11 is 11.9. The van der Waals surface area contributed by atoms with E-state index in [0.717, 1.165) is 0 Å². The molecule has 4 nitrogen and oxygen atoms in total. The number of methoxy groups -OCH3 is 1. The fourth-order valence-corrected chi connectivity index (χ4v) is 3.29. The number of sulfonamides is 1. The van der Waals surface area contributed by atoms with Crippen LogP contribution in [0.1, 0.15) is 13.8 Å². The predicted molar refractivity (Wildman–Crippen MR) is 73.0 cm³/mol. The van der Waals surface area contributed by atoms with Crippen LogP contribution in [0, 0.1) is 5.92 Å². The maximum absolute atomic E-state index is 12.0. The molecule has 1 aromatic rings. The van der Waals surface area contributed by atoms with E-state index in [1.54, 1.807) is 0 Å². The first-order chi connectivity index (χ1) is 8.29. The number of halogens is 2. The number of rotatable bonds is 5. The molecule has 1 aromatic carbocycles. The van der Waals surface area contributed by atoms with E-state index in [-0.39, 0.29) is 20.9 Å². The third-order valence-electron chi connectivity index (χ3n) is 2.20. The molecule has 102 valence electrons. The average molecular weight is 312 g/mol. The van der Waals surface area contributed by atoms with Crippen LogP contribution in [0.3, 0.4) is 0 Å². The van der Waals surface area contributed by atoms with Gasteiger partial charge in [-0.1, -0.05) is 37.0 Å². The van der Waals surface area contributed by atoms with Crippen LogP contribution in [0.2, 0.25) is 10.0 Å². The zero-order valence-corrected chi connectivity index (χ0v) is 12.7. The van der Waals surface area contributed by atoms with E-state index in [9.17, 15) is 8.42 Å². The lowest BCUT2D eigenvalue weighted by Crippen LogP contribution is -2.27. The Hall–Kier alpha value is -0.490. The lowest BCUT2D eigenvalue weighted by molar-refractivity contribution is 0.414. The van der Waals surface area contributed by atoms with E-state index in [1.165, 1.54) is 19.2 Å². The molecular formula is C11H15Cl2NO3S. The normalized spacial score (nSPS) is 11.9. The van der Waals surface area contributed by atoms with Crippen molar-refractivity contribution in [3.05, 3.63) is 22.2 Å². The van der Waals surface area contributed by atoms with Crippen molar-refractivity contribution in [1.29, 1.82) is 0 Å². The Morgan fingerprint density at radius 3 is 2.39 bits per heavy atom. The second kappa shape index (κ2) is 6.10. The molecule has 0 bridgehead atoms. The molecule has 0 spiro atoms. The van der Waals surface area contributed by atoms with Crippen molar-refractivity contribution in [1.82, 2.24) is 4.72 Å². The first-order valence-corrected chi connectivity index (χ1v) is 7.55. The highest BCUT2D eigenvalue weighted by Gasteiger charge is 2.21. The van der Waals surface area contributed by atoms with E-state index in [4.69, 9.17) is 27.9 Å². The number of benzene rings is 1. The van der Waals surface area contributed by atoms with Crippen LogP contribution >= 0.6 is 23.2 Å². The molecule has 0 aliphatic heterocycles. The molecule has 0 saturated heterocycles.